The van der Waals surface area contributed by atoms with Crippen LogP contribution in [0, 0.1) is 0 Å². The van der Waals surface area contributed by atoms with Crippen LogP contribution >= 0.6 is 0 Å². The fourth-order valence-electron chi connectivity index (χ4n) is 2.37. The predicted molar refractivity (Wildman–Crippen MR) is 95.7 cm³/mol. The van der Waals surface area contributed by atoms with Crippen LogP contribution in [0.25, 0.3) is 0 Å². The van der Waals surface area contributed by atoms with Gasteiger partial charge in [0.05, 0.1) is 12.7 Å². The van der Waals surface area contributed by atoms with Crippen molar-refractivity contribution in [3.8, 4) is 0 Å². The highest BCUT2D eigenvalue weighted by molar-refractivity contribution is 5.19. The van der Waals surface area contributed by atoms with Gasteiger partial charge in [-0.15, -0.1) is 0 Å². The van der Waals surface area contributed by atoms with Crippen LogP contribution in [0.3, 0.4) is 0 Å². The highest BCUT2D eigenvalue weighted by atomic mass is 16.3. The number of hydrogen-bond donors (Lipinski definition) is 4. The van der Waals surface area contributed by atoms with Crippen LogP contribution in [0.1, 0.15) is 42.4 Å². The first-order valence-corrected chi connectivity index (χ1v) is 8.33. The second-order valence-electron chi connectivity index (χ2n) is 5.59. The molecule has 0 saturated carbocycles. The average molecular weight is 332 g/mol. The van der Waals surface area contributed by atoms with Crippen molar-refractivity contribution in [1.29, 1.82) is 0 Å². The maximum absolute atomic E-state index is 9.54. The number of hydrogen-bond acceptors (Lipinski definition) is 4. The third-order valence-corrected chi connectivity index (χ3v) is 3.79. The molecule has 2 unspecified atom stereocenters. The SMILES string of the molecule is OCCC(CO)c1ccccc1.OCCCC(O)c1ccccc1. The minimum Gasteiger partial charge on any atom is -0.396 e. The van der Waals surface area contributed by atoms with Crippen molar-refractivity contribution in [2.45, 2.75) is 31.3 Å². The molecule has 2 aromatic carbocycles. The van der Waals surface area contributed by atoms with Gasteiger partial charge >= 0.3 is 0 Å². The number of benzene rings is 2. The summed E-state index contributed by atoms with van der Waals surface area (Å²) in [4.78, 5) is 0. The summed E-state index contributed by atoms with van der Waals surface area (Å²) in [6, 6.07) is 19.3. The Kier molecular flexibility index (Phi) is 10.7. The lowest BCUT2D eigenvalue weighted by atomic mass is 9.97. The van der Waals surface area contributed by atoms with E-state index in [9.17, 15) is 5.11 Å². The van der Waals surface area contributed by atoms with Gasteiger partial charge in [-0.1, -0.05) is 60.7 Å². The summed E-state index contributed by atoms with van der Waals surface area (Å²) in [7, 11) is 0. The first-order valence-electron chi connectivity index (χ1n) is 8.33. The maximum atomic E-state index is 9.54. The van der Waals surface area contributed by atoms with Gasteiger partial charge in [0.1, 0.15) is 0 Å². The number of aliphatic hydroxyl groups excluding tert-OH is 4. The molecular formula is C20H28O4. The highest BCUT2D eigenvalue weighted by Crippen LogP contribution is 2.18. The summed E-state index contributed by atoms with van der Waals surface area (Å²) in [5.74, 6) is 0.0798. The van der Waals surface area contributed by atoms with E-state index in [-0.39, 0.29) is 25.7 Å². The molecule has 2 atom stereocenters. The Morgan fingerprint density at radius 2 is 1.21 bits per heavy atom. The molecule has 0 aliphatic rings. The molecule has 132 valence electrons. The standard InChI is InChI=1S/2C10H14O2/c11-8-4-7-10(12)9-5-2-1-3-6-9;11-7-6-10(8-12)9-4-2-1-3-5-9/h1-3,5-6,10-12H,4,7-8H2;1-5,10-12H,6-8H2. The van der Waals surface area contributed by atoms with Gasteiger partial charge in [-0.25, -0.2) is 0 Å². The van der Waals surface area contributed by atoms with Crippen molar-refractivity contribution in [3.05, 3.63) is 71.8 Å². The minimum atomic E-state index is -0.432. The van der Waals surface area contributed by atoms with Crippen molar-refractivity contribution in [3.63, 3.8) is 0 Å². The molecule has 0 heterocycles. The molecule has 0 saturated heterocycles. The fraction of sp³-hybridized carbons (Fsp3) is 0.400. The van der Waals surface area contributed by atoms with Gasteiger partial charge in [-0.05, 0) is 30.4 Å². The van der Waals surface area contributed by atoms with E-state index in [0.717, 1.165) is 11.1 Å². The summed E-state index contributed by atoms with van der Waals surface area (Å²) in [5.41, 5.74) is 2.01. The molecular weight excluding hydrogens is 304 g/mol. The van der Waals surface area contributed by atoms with E-state index in [1.54, 1.807) is 0 Å². The molecule has 0 radical (unpaired) electrons. The van der Waals surface area contributed by atoms with Crippen molar-refractivity contribution in [2.24, 2.45) is 0 Å². The lowest BCUT2D eigenvalue weighted by Crippen LogP contribution is -2.05. The molecule has 0 amide bonds. The summed E-state index contributed by atoms with van der Waals surface area (Å²) in [6.07, 6.45) is 1.47. The van der Waals surface area contributed by atoms with Crippen LogP contribution in [0.15, 0.2) is 60.7 Å². The molecule has 0 spiro atoms. The van der Waals surface area contributed by atoms with E-state index in [4.69, 9.17) is 15.3 Å². The van der Waals surface area contributed by atoms with Crippen LogP contribution in [-0.4, -0.2) is 40.2 Å². The molecule has 4 heteroatoms. The van der Waals surface area contributed by atoms with Crippen molar-refractivity contribution >= 4 is 0 Å². The van der Waals surface area contributed by atoms with Crippen LogP contribution in [0.5, 0.6) is 0 Å². The molecule has 0 aliphatic carbocycles. The smallest absolute Gasteiger partial charge is 0.0790 e. The lowest BCUT2D eigenvalue weighted by molar-refractivity contribution is 0.152. The second-order valence-corrected chi connectivity index (χ2v) is 5.59. The minimum absolute atomic E-state index is 0.0798. The summed E-state index contributed by atoms with van der Waals surface area (Å²) in [6.45, 7) is 0.370. The topological polar surface area (TPSA) is 80.9 Å². The van der Waals surface area contributed by atoms with Crippen LogP contribution in [0.2, 0.25) is 0 Å². The molecule has 0 bridgehead atoms. The number of rotatable bonds is 8. The molecule has 4 nitrogen and oxygen atoms in total. The highest BCUT2D eigenvalue weighted by Gasteiger charge is 2.08. The molecule has 2 rings (SSSR count). The monoisotopic (exact) mass is 332 g/mol. The van der Waals surface area contributed by atoms with E-state index < -0.39 is 6.10 Å². The molecule has 0 aliphatic heterocycles. The number of aliphatic hydroxyl groups is 4. The molecule has 4 N–H and O–H groups in total. The molecule has 24 heavy (non-hydrogen) atoms. The van der Waals surface area contributed by atoms with Gasteiger partial charge in [0, 0.05) is 19.1 Å². The normalized spacial score (nSPS) is 12.8. The Labute approximate surface area is 144 Å². The lowest BCUT2D eigenvalue weighted by Gasteiger charge is -2.12. The average Bonchev–Trinajstić information content (AvgIpc) is 2.66. The second kappa shape index (κ2) is 12.7. The first kappa shape index (κ1) is 20.3. The van der Waals surface area contributed by atoms with Gasteiger partial charge in [0.25, 0.3) is 0 Å². The molecule has 0 fully saturated rings. The Bertz CT molecular complexity index is 516. The Morgan fingerprint density at radius 1 is 0.667 bits per heavy atom. The van der Waals surface area contributed by atoms with E-state index in [1.807, 2.05) is 60.7 Å². The van der Waals surface area contributed by atoms with Gasteiger partial charge < -0.3 is 20.4 Å². The van der Waals surface area contributed by atoms with Crippen molar-refractivity contribution < 1.29 is 20.4 Å². The zero-order chi connectivity index (χ0) is 17.6. The molecule has 2 aromatic rings. The van der Waals surface area contributed by atoms with Gasteiger partial charge in [0.15, 0.2) is 0 Å². The van der Waals surface area contributed by atoms with Crippen LogP contribution in [-0.2, 0) is 0 Å². The summed E-state index contributed by atoms with van der Waals surface area (Å²) >= 11 is 0. The Morgan fingerprint density at radius 3 is 1.67 bits per heavy atom. The van der Waals surface area contributed by atoms with Crippen LogP contribution < -0.4 is 0 Å². The summed E-state index contributed by atoms with van der Waals surface area (Å²) < 4.78 is 0. The predicted octanol–water partition coefficient (Wildman–Crippen LogP) is 2.64. The van der Waals surface area contributed by atoms with Gasteiger partial charge in [-0.3, -0.25) is 0 Å². The zero-order valence-corrected chi connectivity index (χ0v) is 14.0. The third-order valence-electron chi connectivity index (χ3n) is 3.79. The first-order chi connectivity index (χ1) is 11.7. The van der Waals surface area contributed by atoms with Crippen molar-refractivity contribution in [1.82, 2.24) is 0 Å². The van der Waals surface area contributed by atoms with Crippen LogP contribution in [0.4, 0.5) is 0 Å². The Hall–Kier alpha value is -1.72. The maximum Gasteiger partial charge on any atom is 0.0790 e. The van der Waals surface area contributed by atoms with E-state index in [0.29, 0.717) is 19.3 Å². The fourth-order valence-corrected chi connectivity index (χ4v) is 2.37. The Balaban J connectivity index is 0.000000240. The quantitative estimate of drug-likeness (QED) is 0.599. The zero-order valence-electron chi connectivity index (χ0n) is 14.0. The largest absolute Gasteiger partial charge is 0.396 e. The van der Waals surface area contributed by atoms with Crippen molar-refractivity contribution in [2.75, 3.05) is 19.8 Å². The van der Waals surface area contributed by atoms with E-state index in [1.165, 1.54) is 0 Å². The molecule has 0 aromatic heterocycles. The third kappa shape index (κ3) is 7.70. The van der Waals surface area contributed by atoms with E-state index in [2.05, 4.69) is 0 Å². The van der Waals surface area contributed by atoms with E-state index >= 15 is 0 Å². The van der Waals surface area contributed by atoms with Gasteiger partial charge in [0.2, 0.25) is 0 Å². The van der Waals surface area contributed by atoms with Gasteiger partial charge in [-0.2, -0.15) is 0 Å². The summed E-state index contributed by atoms with van der Waals surface area (Å²) in [5, 5.41) is 35.8.